The predicted octanol–water partition coefficient (Wildman–Crippen LogP) is 6.33. The van der Waals surface area contributed by atoms with Crippen molar-refractivity contribution in [2.45, 2.75) is 38.5 Å². The summed E-state index contributed by atoms with van der Waals surface area (Å²) in [6, 6.07) is 16.8. The van der Waals surface area contributed by atoms with Crippen LogP contribution in [0.3, 0.4) is 0 Å². The van der Waals surface area contributed by atoms with Gasteiger partial charge in [-0.05, 0) is 78.0 Å². The number of halogens is 1. The van der Waals surface area contributed by atoms with Crippen LogP contribution in [0.5, 0.6) is 5.75 Å². The second-order valence-electron chi connectivity index (χ2n) is 19.3. The van der Waals surface area contributed by atoms with Crippen LogP contribution in [0.4, 0.5) is 10.5 Å². The van der Waals surface area contributed by atoms with Crippen molar-refractivity contribution in [2.75, 3.05) is 116 Å². The summed E-state index contributed by atoms with van der Waals surface area (Å²) in [5.41, 5.74) is 6.68. The van der Waals surface area contributed by atoms with E-state index in [1.54, 1.807) is 15.9 Å². The molecule has 3 N–H and O–H groups in total. The summed E-state index contributed by atoms with van der Waals surface area (Å²) < 4.78 is 29.0. The summed E-state index contributed by atoms with van der Waals surface area (Å²) in [4.78, 5) is 103. The van der Waals surface area contributed by atoms with Crippen LogP contribution in [0.25, 0.3) is 31.9 Å². The van der Waals surface area contributed by atoms with Crippen molar-refractivity contribution < 1.29 is 57.2 Å². The minimum absolute atomic E-state index is 0.0253. The Labute approximate surface area is 453 Å². The Bertz CT molecular complexity index is 3190. The molecule has 3 aliphatic rings. The molecule has 0 radical (unpaired) electrons. The van der Waals surface area contributed by atoms with Gasteiger partial charge in [0, 0.05) is 129 Å². The molecule has 3 aliphatic heterocycles. The summed E-state index contributed by atoms with van der Waals surface area (Å²) in [5.74, 6) is -0.811. The normalized spacial score (nSPS) is 15.7. The average Bonchev–Trinajstić information content (AvgIpc) is 4.32. The SMILES string of the molecule is Cc1csc2c(OC(=O)N3CCN(C)CC3)cc3c(c12)[C@H](CCl)CN3C(=O)c1cc2cc(CC(=O)c3cc4cc(CC(=O)CCOCCOCCOCCOCCNC(=O)CCN5C(=O)C=CC5=O)ccc4[nH]3)ccc2[nH]1. The summed E-state index contributed by atoms with van der Waals surface area (Å²) >= 11 is 8.10. The Morgan fingerprint density at radius 2 is 1.35 bits per heavy atom. The van der Waals surface area contributed by atoms with Gasteiger partial charge in [-0.15, -0.1) is 22.9 Å². The number of carbonyl (C=O) groups is 7. The molecule has 0 saturated carbocycles. The van der Waals surface area contributed by atoms with Gasteiger partial charge in [0.25, 0.3) is 17.7 Å². The van der Waals surface area contributed by atoms with Crippen LogP contribution in [0.1, 0.15) is 62.0 Å². The molecule has 1 fully saturated rings. The number of likely N-dealkylation sites (N-methyl/N-ethyl adjacent to an activating group) is 1. The van der Waals surface area contributed by atoms with E-state index in [9.17, 15) is 33.6 Å². The lowest BCUT2D eigenvalue weighted by atomic mass is 9.97. The van der Waals surface area contributed by atoms with Crippen molar-refractivity contribution in [1.29, 1.82) is 0 Å². The maximum Gasteiger partial charge on any atom is 0.415 e. The zero-order valence-corrected chi connectivity index (χ0v) is 44.7. The van der Waals surface area contributed by atoms with Crippen molar-refractivity contribution in [3.63, 3.8) is 0 Å². The molecule has 0 bridgehead atoms. The van der Waals surface area contributed by atoms with E-state index < -0.39 is 17.9 Å². The fourth-order valence-corrected chi connectivity index (χ4v) is 11.0. The minimum Gasteiger partial charge on any atom is -0.409 e. The first-order valence-electron chi connectivity index (χ1n) is 25.8. The largest absolute Gasteiger partial charge is 0.415 e. The van der Waals surface area contributed by atoms with Crippen molar-refractivity contribution >= 4 is 102 Å². The quantitative estimate of drug-likeness (QED) is 0.0234. The van der Waals surface area contributed by atoms with Gasteiger partial charge in [-0.25, -0.2) is 4.79 Å². The van der Waals surface area contributed by atoms with E-state index in [2.05, 4.69) is 20.2 Å². The van der Waals surface area contributed by atoms with Crippen LogP contribution in [0, 0.1) is 6.92 Å². The fraction of sp³-hybridized carbons (Fsp3) is 0.411. The molecule has 6 aromatic rings. The number of aromatic amines is 2. The molecule has 406 valence electrons. The first kappa shape index (κ1) is 55.0. The molecule has 1 saturated heterocycles. The maximum absolute atomic E-state index is 14.4. The molecule has 21 heteroatoms. The summed E-state index contributed by atoms with van der Waals surface area (Å²) in [7, 11) is 2.03. The molecule has 5 amide bonds. The van der Waals surface area contributed by atoms with Crippen LogP contribution >= 0.6 is 22.9 Å². The number of nitrogens with one attached hydrogen (secondary N) is 3. The van der Waals surface area contributed by atoms with E-state index in [1.165, 1.54) is 23.5 Å². The number of hydrogen-bond donors (Lipinski definition) is 3. The number of thiophene rings is 1. The molecular weight excluding hydrogens is 1030 g/mol. The molecule has 77 heavy (non-hydrogen) atoms. The highest BCUT2D eigenvalue weighted by molar-refractivity contribution is 7.17. The number of piperazine rings is 1. The number of amides is 5. The number of alkyl halides is 1. The van der Waals surface area contributed by atoms with Gasteiger partial charge in [-0.3, -0.25) is 33.7 Å². The number of benzene rings is 3. The summed E-state index contributed by atoms with van der Waals surface area (Å²) in [5, 5.41) is 7.31. The van der Waals surface area contributed by atoms with Gasteiger partial charge in [0.2, 0.25) is 5.91 Å². The second kappa shape index (κ2) is 25.6. The number of ether oxygens (including phenoxy) is 5. The van der Waals surface area contributed by atoms with Crippen molar-refractivity contribution in [1.82, 2.24) is 30.0 Å². The van der Waals surface area contributed by atoms with Gasteiger partial charge in [-0.2, -0.15) is 0 Å². The van der Waals surface area contributed by atoms with E-state index >= 15 is 0 Å². The molecular formula is C56H62ClN7O12S. The van der Waals surface area contributed by atoms with Gasteiger partial charge in [0.05, 0.1) is 68.9 Å². The highest BCUT2D eigenvalue weighted by Gasteiger charge is 2.37. The standard InChI is InChI=1S/C56H62ClN7O12S/c1-35-34-77-54-48(76-56(71)62-15-13-61(2)14-16-62)31-46-53(52(35)54)40(32-57)33-64(46)55(70)45-30-39-26-37(4-6-43(39)60-45)28-47(66)44-29-38-25-36(3-5-42(38)59-44)27-41(65)10-17-72-19-21-74-23-24-75-22-20-73-18-11-58-49(67)9-12-63-50(68)7-8-51(63)69/h3-8,25-26,29-31,34,40,59-60H,9-24,27-28,32-33H2,1-2H3,(H,58,67)/t40-/m1/s1. The lowest BCUT2D eigenvalue weighted by Crippen LogP contribution is -2.48. The van der Waals surface area contributed by atoms with Gasteiger partial charge in [0.1, 0.15) is 11.5 Å². The Morgan fingerprint density at radius 1 is 0.740 bits per heavy atom. The molecule has 3 aromatic carbocycles. The van der Waals surface area contributed by atoms with E-state index in [-0.39, 0.29) is 68.1 Å². The topological polar surface area (TPSA) is 222 Å². The number of ketones is 2. The van der Waals surface area contributed by atoms with Gasteiger partial charge >= 0.3 is 6.09 Å². The van der Waals surface area contributed by atoms with Crippen LogP contribution < -0.4 is 15.0 Å². The number of imide groups is 1. The number of fused-ring (bicyclic) bond motifs is 5. The lowest BCUT2D eigenvalue weighted by Gasteiger charge is -2.31. The predicted molar refractivity (Wildman–Crippen MR) is 292 cm³/mol. The summed E-state index contributed by atoms with van der Waals surface area (Å²) in [6.07, 6.45) is 2.59. The Morgan fingerprint density at radius 3 is 2.01 bits per heavy atom. The molecule has 1 atom stereocenters. The number of rotatable bonds is 26. The first-order valence-corrected chi connectivity index (χ1v) is 27.2. The number of aromatic nitrogens is 2. The highest BCUT2D eigenvalue weighted by Crippen LogP contribution is 2.49. The number of Topliss-reactive ketones (excluding diaryl/α,β-unsaturated/α-hetero) is 2. The van der Waals surface area contributed by atoms with E-state index in [0.717, 1.165) is 72.1 Å². The van der Waals surface area contributed by atoms with Crippen LogP contribution in [-0.2, 0) is 51.0 Å². The minimum atomic E-state index is -0.415. The van der Waals surface area contributed by atoms with E-state index in [1.807, 2.05) is 67.9 Å². The number of H-pyrrole nitrogens is 2. The third-order valence-electron chi connectivity index (χ3n) is 13.8. The fourth-order valence-electron chi connectivity index (χ4n) is 9.70. The Balaban J connectivity index is 0.686. The van der Waals surface area contributed by atoms with Crippen molar-refractivity contribution in [3.05, 3.63) is 106 Å². The average molecular weight is 1090 g/mol. The Hall–Kier alpha value is -6.78. The first-order chi connectivity index (χ1) is 37.3. The number of carbonyl (C=O) groups excluding carboxylic acids is 7. The van der Waals surface area contributed by atoms with E-state index in [0.29, 0.717) is 101 Å². The van der Waals surface area contributed by atoms with E-state index in [4.69, 9.17) is 35.3 Å². The van der Waals surface area contributed by atoms with Crippen LogP contribution in [0.2, 0.25) is 0 Å². The third-order valence-corrected chi connectivity index (χ3v) is 15.3. The molecule has 6 heterocycles. The third kappa shape index (κ3) is 13.5. The smallest absolute Gasteiger partial charge is 0.409 e. The molecule has 3 aromatic heterocycles. The highest BCUT2D eigenvalue weighted by atomic mass is 35.5. The molecule has 19 nitrogen and oxygen atoms in total. The van der Waals surface area contributed by atoms with Crippen molar-refractivity contribution in [3.8, 4) is 5.75 Å². The monoisotopic (exact) mass is 1090 g/mol. The van der Waals surface area contributed by atoms with Crippen LogP contribution in [-0.4, -0.2) is 178 Å². The lowest BCUT2D eigenvalue weighted by molar-refractivity contribution is -0.137. The van der Waals surface area contributed by atoms with Gasteiger partial charge in [-0.1, -0.05) is 12.1 Å². The van der Waals surface area contributed by atoms with Gasteiger partial charge < -0.3 is 53.7 Å². The maximum atomic E-state index is 14.4. The van der Waals surface area contributed by atoms with Gasteiger partial charge in [0.15, 0.2) is 11.5 Å². The molecule has 9 rings (SSSR count). The van der Waals surface area contributed by atoms with Crippen LogP contribution in [0.15, 0.2) is 72.1 Å². The zero-order valence-electron chi connectivity index (χ0n) is 43.1. The molecule has 0 spiro atoms. The molecule has 0 unspecified atom stereocenters. The summed E-state index contributed by atoms with van der Waals surface area (Å²) in [6.45, 7) is 8.07. The number of hydrogen-bond acceptors (Lipinski definition) is 14. The van der Waals surface area contributed by atoms with Crippen molar-refractivity contribution in [2.24, 2.45) is 0 Å². The zero-order chi connectivity index (χ0) is 54.0. The Kier molecular flexibility index (Phi) is 18.3. The number of anilines is 1. The molecule has 0 aliphatic carbocycles. The number of nitrogens with zero attached hydrogens (tertiary/aromatic N) is 4. The second-order valence-corrected chi connectivity index (χ2v) is 20.5. The number of aryl methyl sites for hydroxylation is 1.